The standard InChI is InChI=1S/C24H21NO6/c1-14(26)17-8-10-18(11-9-17)21-12-13-22(31-21)24(29)30-16(3)23(28)25-20-7-5-4-6-19(20)15(2)27/h4-13,16H,1-3H3,(H,25,28)/t16-/m0/s1. The first kappa shape index (κ1) is 21.7. The van der Waals surface area contributed by atoms with E-state index in [2.05, 4.69) is 5.32 Å². The lowest BCUT2D eigenvalue weighted by Crippen LogP contribution is -2.30. The zero-order valence-electron chi connectivity index (χ0n) is 17.3. The number of ketones is 2. The van der Waals surface area contributed by atoms with E-state index >= 15 is 0 Å². The molecule has 0 fully saturated rings. The van der Waals surface area contributed by atoms with Crippen LogP contribution >= 0.6 is 0 Å². The Labute approximate surface area is 179 Å². The fourth-order valence-corrected chi connectivity index (χ4v) is 2.88. The number of para-hydroxylation sites is 1. The number of carbonyl (C=O) groups is 4. The fourth-order valence-electron chi connectivity index (χ4n) is 2.88. The Morgan fingerprint density at radius 2 is 1.55 bits per heavy atom. The second kappa shape index (κ2) is 9.21. The van der Waals surface area contributed by atoms with Crippen LogP contribution < -0.4 is 5.32 Å². The van der Waals surface area contributed by atoms with E-state index in [1.807, 2.05) is 0 Å². The van der Waals surface area contributed by atoms with Gasteiger partial charge in [0.1, 0.15) is 5.76 Å². The number of Topliss-reactive ketones (excluding diaryl/α,β-unsaturated/α-hetero) is 2. The van der Waals surface area contributed by atoms with Gasteiger partial charge in [-0.3, -0.25) is 14.4 Å². The van der Waals surface area contributed by atoms with E-state index in [4.69, 9.17) is 9.15 Å². The average Bonchev–Trinajstić information content (AvgIpc) is 3.24. The molecule has 0 bridgehead atoms. The van der Waals surface area contributed by atoms with Gasteiger partial charge >= 0.3 is 5.97 Å². The van der Waals surface area contributed by atoms with Crippen LogP contribution in [0, 0.1) is 0 Å². The summed E-state index contributed by atoms with van der Waals surface area (Å²) in [6.45, 7) is 4.30. The van der Waals surface area contributed by atoms with Crippen molar-refractivity contribution in [3.8, 4) is 11.3 Å². The van der Waals surface area contributed by atoms with Crippen molar-refractivity contribution in [1.29, 1.82) is 0 Å². The van der Waals surface area contributed by atoms with Gasteiger partial charge in [-0.15, -0.1) is 0 Å². The zero-order valence-corrected chi connectivity index (χ0v) is 17.3. The van der Waals surface area contributed by atoms with Gasteiger partial charge in [0, 0.05) is 16.7 Å². The molecule has 1 atom stereocenters. The van der Waals surface area contributed by atoms with Crippen molar-refractivity contribution in [2.45, 2.75) is 26.9 Å². The van der Waals surface area contributed by atoms with E-state index in [9.17, 15) is 19.2 Å². The summed E-state index contributed by atoms with van der Waals surface area (Å²) >= 11 is 0. The van der Waals surface area contributed by atoms with Crippen LogP contribution in [0.1, 0.15) is 52.0 Å². The van der Waals surface area contributed by atoms with Crippen molar-refractivity contribution in [2.75, 3.05) is 5.32 Å². The first-order valence-corrected chi connectivity index (χ1v) is 9.59. The molecule has 0 aliphatic heterocycles. The molecule has 3 aromatic rings. The van der Waals surface area contributed by atoms with E-state index < -0.39 is 18.0 Å². The summed E-state index contributed by atoms with van der Waals surface area (Å²) < 4.78 is 10.7. The quantitative estimate of drug-likeness (QED) is 0.446. The van der Waals surface area contributed by atoms with Crippen LogP contribution in [0.2, 0.25) is 0 Å². The number of esters is 1. The molecule has 158 valence electrons. The molecule has 1 aromatic heterocycles. The number of furan rings is 1. The molecule has 0 spiro atoms. The van der Waals surface area contributed by atoms with Gasteiger partial charge < -0.3 is 14.5 Å². The Hall–Kier alpha value is -4.00. The third-order valence-electron chi connectivity index (χ3n) is 4.60. The molecule has 1 N–H and O–H groups in total. The molecule has 7 nitrogen and oxygen atoms in total. The topological polar surface area (TPSA) is 103 Å². The number of benzene rings is 2. The normalized spacial score (nSPS) is 11.5. The maximum atomic E-state index is 12.4. The number of hydrogen-bond donors (Lipinski definition) is 1. The summed E-state index contributed by atoms with van der Waals surface area (Å²) in [5, 5.41) is 2.60. The Bertz CT molecular complexity index is 1140. The van der Waals surface area contributed by atoms with Crippen LogP contribution in [0.4, 0.5) is 5.69 Å². The van der Waals surface area contributed by atoms with Crippen molar-refractivity contribution < 1.29 is 28.3 Å². The van der Waals surface area contributed by atoms with Crippen LogP contribution in [0.3, 0.4) is 0 Å². The minimum absolute atomic E-state index is 0.0477. The number of anilines is 1. The highest BCUT2D eigenvalue weighted by Gasteiger charge is 2.22. The van der Waals surface area contributed by atoms with Crippen molar-refractivity contribution in [2.24, 2.45) is 0 Å². The molecule has 1 amide bonds. The second-order valence-electron chi connectivity index (χ2n) is 6.94. The molecule has 31 heavy (non-hydrogen) atoms. The second-order valence-corrected chi connectivity index (χ2v) is 6.94. The number of carbonyl (C=O) groups excluding carboxylic acids is 4. The number of ether oxygens (including phenoxy) is 1. The Morgan fingerprint density at radius 3 is 2.19 bits per heavy atom. The summed E-state index contributed by atoms with van der Waals surface area (Å²) in [4.78, 5) is 47.9. The predicted molar refractivity (Wildman–Crippen MR) is 114 cm³/mol. The summed E-state index contributed by atoms with van der Waals surface area (Å²) in [7, 11) is 0. The van der Waals surface area contributed by atoms with Crippen LogP contribution in [0.5, 0.6) is 0 Å². The summed E-state index contributed by atoms with van der Waals surface area (Å²) in [6, 6.07) is 16.4. The Morgan fingerprint density at radius 1 is 0.871 bits per heavy atom. The minimum atomic E-state index is -1.11. The average molecular weight is 419 g/mol. The highest BCUT2D eigenvalue weighted by atomic mass is 16.6. The van der Waals surface area contributed by atoms with Gasteiger partial charge in [0.05, 0.1) is 5.69 Å². The molecule has 3 rings (SSSR count). The van der Waals surface area contributed by atoms with Gasteiger partial charge in [0.25, 0.3) is 5.91 Å². The third kappa shape index (κ3) is 5.14. The number of hydrogen-bond acceptors (Lipinski definition) is 6. The van der Waals surface area contributed by atoms with Gasteiger partial charge in [-0.05, 0) is 45.0 Å². The summed E-state index contributed by atoms with van der Waals surface area (Å²) in [5.74, 6) is -1.25. The van der Waals surface area contributed by atoms with Crippen LogP contribution in [-0.2, 0) is 9.53 Å². The van der Waals surface area contributed by atoms with Crippen molar-refractivity contribution in [1.82, 2.24) is 0 Å². The summed E-state index contributed by atoms with van der Waals surface area (Å²) in [6.07, 6.45) is -1.11. The minimum Gasteiger partial charge on any atom is -0.449 e. The first-order chi connectivity index (χ1) is 14.8. The lowest BCUT2D eigenvalue weighted by atomic mass is 10.1. The van der Waals surface area contributed by atoms with E-state index in [-0.39, 0.29) is 17.3 Å². The van der Waals surface area contributed by atoms with Gasteiger partial charge in [-0.25, -0.2) is 4.79 Å². The van der Waals surface area contributed by atoms with Crippen LogP contribution in [0.25, 0.3) is 11.3 Å². The number of amides is 1. The van der Waals surface area contributed by atoms with Crippen molar-refractivity contribution >= 4 is 29.1 Å². The Balaban J connectivity index is 1.65. The van der Waals surface area contributed by atoms with Crippen molar-refractivity contribution in [3.05, 3.63) is 77.6 Å². The molecule has 0 radical (unpaired) electrons. The molecular weight excluding hydrogens is 398 g/mol. The SMILES string of the molecule is CC(=O)c1ccc(-c2ccc(C(=O)O[C@@H](C)C(=O)Nc3ccccc3C(C)=O)o2)cc1. The van der Waals surface area contributed by atoms with Crippen LogP contribution in [0.15, 0.2) is 65.1 Å². The monoisotopic (exact) mass is 419 g/mol. The lowest BCUT2D eigenvalue weighted by molar-refractivity contribution is -0.123. The smallest absolute Gasteiger partial charge is 0.375 e. The molecule has 0 unspecified atom stereocenters. The maximum absolute atomic E-state index is 12.4. The molecule has 2 aromatic carbocycles. The van der Waals surface area contributed by atoms with Gasteiger partial charge in [0.2, 0.25) is 5.76 Å². The molecule has 0 saturated carbocycles. The predicted octanol–water partition coefficient (Wildman–Crippen LogP) is 4.54. The first-order valence-electron chi connectivity index (χ1n) is 9.59. The van der Waals surface area contributed by atoms with Gasteiger partial charge in [0.15, 0.2) is 17.7 Å². The van der Waals surface area contributed by atoms with E-state index in [0.29, 0.717) is 28.1 Å². The van der Waals surface area contributed by atoms with Crippen molar-refractivity contribution in [3.63, 3.8) is 0 Å². The van der Waals surface area contributed by atoms with Gasteiger partial charge in [-0.2, -0.15) is 0 Å². The number of rotatable bonds is 7. The molecule has 0 aliphatic rings. The molecule has 7 heteroatoms. The van der Waals surface area contributed by atoms with E-state index in [1.165, 1.54) is 26.8 Å². The van der Waals surface area contributed by atoms with Gasteiger partial charge in [-0.1, -0.05) is 36.4 Å². The lowest BCUT2D eigenvalue weighted by Gasteiger charge is -2.14. The summed E-state index contributed by atoms with van der Waals surface area (Å²) in [5.41, 5.74) is 1.97. The largest absolute Gasteiger partial charge is 0.449 e. The highest BCUT2D eigenvalue weighted by Crippen LogP contribution is 2.23. The third-order valence-corrected chi connectivity index (χ3v) is 4.60. The van der Waals surface area contributed by atoms with E-state index in [0.717, 1.165) is 0 Å². The molecule has 0 saturated heterocycles. The number of nitrogens with one attached hydrogen (secondary N) is 1. The Kier molecular flexibility index (Phi) is 6.45. The molecule has 1 heterocycles. The fraction of sp³-hybridized carbons (Fsp3) is 0.167. The zero-order chi connectivity index (χ0) is 22.5. The highest BCUT2D eigenvalue weighted by molar-refractivity contribution is 6.05. The molecule has 0 aliphatic carbocycles. The van der Waals surface area contributed by atoms with E-state index in [1.54, 1.807) is 54.6 Å². The van der Waals surface area contributed by atoms with Crippen LogP contribution in [-0.4, -0.2) is 29.5 Å². The molecular formula is C24H21NO6. The maximum Gasteiger partial charge on any atom is 0.375 e.